The van der Waals surface area contributed by atoms with Crippen LogP contribution in [0.5, 0.6) is 0 Å². The third-order valence-electron chi connectivity index (χ3n) is 2.61. The zero-order chi connectivity index (χ0) is 13.1. The molecule has 17 heavy (non-hydrogen) atoms. The lowest BCUT2D eigenvalue weighted by atomic mass is 10.1. The van der Waals surface area contributed by atoms with E-state index in [2.05, 4.69) is 0 Å². The number of allylic oxidation sites excluding steroid dienone is 1. The van der Waals surface area contributed by atoms with Crippen molar-refractivity contribution < 1.29 is 14.3 Å². The van der Waals surface area contributed by atoms with Crippen molar-refractivity contribution in [2.45, 2.75) is 51.7 Å². The van der Waals surface area contributed by atoms with E-state index in [1.54, 1.807) is 24.1 Å². The largest absolute Gasteiger partial charge is 0.444 e. The van der Waals surface area contributed by atoms with Gasteiger partial charge in [-0.25, -0.2) is 4.79 Å². The number of hydrogen-bond donors (Lipinski definition) is 0. The van der Waals surface area contributed by atoms with E-state index in [1.165, 1.54) is 0 Å². The minimum atomic E-state index is -0.490. The maximum absolute atomic E-state index is 11.8. The molecule has 0 saturated heterocycles. The summed E-state index contributed by atoms with van der Waals surface area (Å²) in [6, 6.07) is -0.0451. The lowest BCUT2D eigenvalue weighted by Crippen LogP contribution is -2.39. The van der Waals surface area contributed by atoms with Gasteiger partial charge in [0, 0.05) is 13.5 Å². The monoisotopic (exact) mass is 239 g/mol. The minimum absolute atomic E-state index is 0.0451. The van der Waals surface area contributed by atoms with Crippen LogP contribution in [0.2, 0.25) is 0 Å². The van der Waals surface area contributed by atoms with Gasteiger partial charge in [0.1, 0.15) is 5.60 Å². The van der Waals surface area contributed by atoms with E-state index in [0.29, 0.717) is 6.42 Å². The Labute approximate surface area is 103 Å². The third-order valence-corrected chi connectivity index (χ3v) is 2.61. The first-order valence-corrected chi connectivity index (χ1v) is 5.96. The molecule has 1 atom stereocenters. The molecule has 0 unspecified atom stereocenters. The van der Waals surface area contributed by atoms with Crippen LogP contribution in [-0.2, 0) is 9.53 Å². The molecule has 1 rings (SSSR count). The normalized spacial score (nSPS) is 20.9. The van der Waals surface area contributed by atoms with Crippen LogP contribution in [0.1, 0.15) is 40.0 Å². The Bertz CT molecular complexity index is 328. The lowest BCUT2D eigenvalue weighted by molar-refractivity contribution is -0.114. The third kappa shape index (κ3) is 4.59. The van der Waals surface area contributed by atoms with Crippen molar-refractivity contribution in [2.24, 2.45) is 0 Å². The first-order valence-electron chi connectivity index (χ1n) is 5.96. The fourth-order valence-corrected chi connectivity index (χ4v) is 1.68. The molecule has 4 heteroatoms. The number of amides is 1. The molecule has 4 nitrogen and oxygen atoms in total. The van der Waals surface area contributed by atoms with Crippen LogP contribution in [0.4, 0.5) is 4.79 Å². The summed E-state index contributed by atoms with van der Waals surface area (Å²) in [6.07, 6.45) is 5.19. The van der Waals surface area contributed by atoms with Gasteiger partial charge in [0.2, 0.25) is 0 Å². The number of rotatable bonds is 1. The predicted octanol–water partition coefficient (Wildman–Crippen LogP) is 2.53. The molecule has 0 aromatic rings. The SMILES string of the molecule is CN(C(=O)OC(C)(C)C)[C@H]1C=CC(=O)CCC1. The summed E-state index contributed by atoms with van der Waals surface area (Å²) in [6.45, 7) is 5.52. The number of carbonyl (C=O) groups is 2. The van der Waals surface area contributed by atoms with E-state index in [-0.39, 0.29) is 17.9 Å². The Morgan fingerprint density at radius 2 is 2.12 bits per heavy atom. The fraction of sp³-hybridized carbons (Fsp3) is 0.692. The highest BCUT2D eigenvalue weighted by Crippen LogP contribution is 2.17. The minimum Gasteiger partial charge on any atom is -0.444 e. The highest BCUT2D eigenvalue weighted by molar-refractivity contribution is 5.90. The van der Waals surface area contributed by atoms with Gasteiger partial charge in [-0.3, -0.25) is 4.79 Å². The lowest BCUT2D eigenvalue weighted by Gasteiger charge is -2.28. The van der Waals surface area contributed by atoms with Gasteiger partial charge in [0.25, 0.3) is 0 Å². The maximum atomic E-state index is 11.8. The van der Waals surface area contributed by atoms with Gasteiger partial charge in [-0.15, -0.1) is 0 Å². The zero-order valence-electron chi connectivity index (χ0n) is 11.0. The van der Waals surface area contributed by atoms with E-state index in [0.717, 1.165) is 12.8 Å². The van der Waals surface area contributed by atoms with Gasteiger partial charge in [0.05, 0.1) is 6.04 Å². The van der Waals surface area contributed by atoms with Crippen LogP contribution in [-0.4, -0.2) is 35.5 Å². The van der Waals surface area contributed by atoms with Gasteiger partial charge in [-0.1, -0.05) is 6.08 Å². The van der Waals surface area contributed by atoms with Crippen LogP contribution >= 0.6 is 0 Å². The fourth-order valence-electron chi connectivity index (χ4n) is 1.68. The van der Waals surface area contributed by atoms with Crippen molar-refractivity contribution in [2.75, 3.05) is 7.05 Å². The molecule has 1 amide bonds. The highest BCUT2D eigenvalue weighted by atomic mass is 16.6. The summed E-state index contributed by atoms with van der Waals surface area (Å²) in [4.78, 5) is 24.6. The smallest absolute Gasteiger partial charge is 0.410 e. The summed E-state index contributed by atoms with van der Waals surface area (Å²) in [5, 5.41) is 0. The molecule has 0 radical (unpaired) electrons. The maximum Gasteiger partial charge on any atom is 0.410 e. The van der Waals surface area contributed by atoms with Gasteiger partial charge in [-0.05, 0) is 39.7 Å². The van der Waals surface area contributed by atoms with Crippen molar-refractivity contribution in [1.29, 1.82) is 0 Å². The number of ether oxygens (including phenoxy) is 1. The molecule has 0 spiro atoms. The predicted molar refractivity (Wildman–Crippen MR) is 65.8 cm³/mol. The van der Waals surface area contributed by atoms with Gasteiger partial charge >= 0.3 is 6.09 Å². The van der Waals surface area contributed by atoms with Crippen LogP contribution in [0.25, 0.3) is 0 Å². The second kappa shape index (κ2) is 5.34. The molecule has 0 saturated carbocycles. The molecule has 0 heterocycles. The molecule has 0 N–H and O–H groups in total. The first kappa shape index (κ1) is 13.7. The summed E-state index contributed by atoms with van der Waals surface area (Å²) < 4.78 is 5.29. The highest BCUT2D eigenvalue weighted by Gasteiger charge is 2.24. The quantitative estimate of drug-likeness (QED) is 0.706. The van der Waals surface area contributed by atoms with E-state index < -0.39 is 5.60 Å². The molecule has 96 valence electrons. The number of likely N-dealkylation sites (N-methyl/N-ethyl adjacent to an activating group) is 1. The van der Waals surface area contributed by atoms with Crippen molar-refractivity contribution in [3.63, 3.8) is 0 Å². The molecule has 0 aromatic heterocycles. The number of nitrogens with zero attached hydrogens (tertiary/aromatic N) is 1. The average Bonchev–Trinajstić information content (AvgIpc) is 2.39. The van der Waals surface area contributed by atoms with Gasteiger partial charge in [0.15, 0.2) is 5.78 Å². The summed E-state index contributed by atoms with van der Waals surface area (Å²) in [5.41, 5.74) is -0.490. The Morgan fingerprint density at radius 1 is 1.47 bits per heavy atom. The van der Waals surface area contributed by atoms with Crippen molar-refractivity contribution in [3.05, 3.63) is 12.2 Å². The number of hydrogen-bond acceptors (Lipinski definition) is 3. The van der Waals surface area contributed by atoms with E-state index >= 15 is 0 Å². The Hall–Kier alpha value is -1.32. The van der Waals surface area contributed by atoms with E-state index in [4.69, 9.17) is 4.74 Å². The molecule has 0 aromatic carbocycles. The van der Waals surface area contributed by atoms with Crippen molar-refractivity contribution in [3.8, 4) is 0 Å². The first-order chi connectivity index (χ1) is 7.79. The second-order valence-electron chi connectivity index (χ2n) is 5.38. The van der Waals surface area contributed by atoms with Crippen LogP contribution < -0.4 is 0 Å². The molecule has 0 bridgehead atoms. The number of ketones is 1. The molecule has 1 aliphatic rings. The van der Waals surface area contributed by atoms with Gasteiger partial charge in [-0.2, -0.15) is 0 Å². The molecule has 1 aliphatic carbocycles. The Kier molecular flexibility index (Phi) is 4.32. The van der Waals surface area contributed by atoms with Crippen LogP contribution in [0.15, 0.2) is 12.2 Å². The zero-order valence-corrected chi connectivity index (χ0v) is 11.0. The van der Waals surface area contributed by atoms with E-state index in [9.17, 15) is 9.59 Å². The summed E-state index contributed by atoms with van der Waals surface area (Å²) in [5.74, 6) is 0.130. The molecular formula is C13H21NO3. The van der Waals surface area contributed by atoms with Crippen molar-refractivity contribution >= 4 is 11.9 Å². The van der Waals surface area contributed by atoms with Crippen LogP contribution in [0, 0.1) is 0 Å². The molecular weight excluding hydrogens is 218 g/mol. The second-order valence-corrected chi connectivity index (χ2v) is 5.38. The summed E-state index contributed by atoms with van der Waals surface area (Å²) >= 11 is 0. The molecule has 0 fully saturated rings. The average molecular weight is 239 g/mol. The van der Waals surface area contributed by atoms with Crippen LogP contribution in [0.3, 0.4) is 0 Å². The Morgan fingerprint density at radius 3 is 2.71 bits per heavy atom. The topological polar surface area (TPSA) is 46.6 Å². The van der Waals surface area contributed by atoms with E-state index in [1.807, 2.05) is 20.8 Å². The number of carbonyl (C=O) groups excluding carboxylic acids is 2. The summed E-state index contributed by atoms with van der Waals surface area (Å²) in [7, 11) is 1.71. The Balaban J connectivity index is 2.62. The van der Waals surface area contributed by atoms with Crippen molar-refractivity contribution in [1.82, 2.24) is 4.90 Å². The standard InChI is InChI=1S/C13H21NO3/c1-13(2,3)17-12(16)14(4)10-6-5-7-11(15)9-8-10/h8-10H,5-7H2,1-4H3/t10-/m1/s1. The van der Waals surface area contributed by atoms with Gasteiger partial charge < -0.3 is 9.64 Å². The molecule has 0 aliphatic heterocycles.